The van der Waals surface area contributed by atoms with Crippen molar-refractivity contribution in [3.63, 3.8) is 0 Å². The van der Waals surface area contributed by atoms with Crippen molar-refractivity contribution >= 4 is 23.2 Å². The smallest absolute Gasteiger partial charge is 0.261 e. The van der Waals surface area contributed by atoms with Crippen LogP contribution in [0.2, 0.25) is 0 Å². The van der Waals surface area contributed by atoms with Gasteiger partial charge in [0.2, 0.25) is 0 Å². The fourth-order valence-electron chi connectivity index (χ4n) is 3.33. The number of aromatic amines is 1. The summed E-state index contributed by atoms with van der Waals surface area (Å²) in [4.78, 5) is 33.3. The first-order chi connectivity index (χ1) is 15.6. The number of thiophene rings is 1. The highest BCUT2D eigenvalue weighted by molar-refractivity contribution is 7.12. The quantitative estimate of drug-likeness (QED) is 0.359. The lowest BCUT2D eigenvalue weighted by Crippen LogP contribution is -2.29. The van der Waals surface area contributed by atoms with Gasteiger partial charge < -0.3 is 15.6 Å². The summed E-state index contributed by atoms with van der Waals surface area (Å²) in [5.41, 5.74) is 3.46. The Morgan fingerprint density at radius 3 is 2.47 bits per heavy atom. The third-order valence-corrected chi connectivity index (χ3v) is 6.01. The summed E-state index contributed by atoms with van der Waals surface area (Å²) in [5.74, 6) is 0.470. The van der Waals surface area contributed by atoms with Crippen LogP contribution in [0, 0.1) is 0 Å². The van der Waals surface area contributed by atoms with Crippen LogP contribution in [0.4, 0.5) is 0 Å². The van der Waals surface area contributed by atoms with Gasteiger partial charge in [-0.3, -0.25) is 9.59 Å². The highest BCUT2D eigenvalue weighted by Gasteiger charge is 2.17. The van der Waals surface area contributed by atoms with E-state index >= 15 is 0 Å². The van der Waals surface area contributed by atoms with Crippen LogP contribution < -0.4 is 10.6 Å². The number of carbonyl (C=O) groups is 2. The molecule has 0 aliphatic heterocycles. The number of benzene rings is 2. The molecule has 2 aromatic heterocycles. The Morgan fingerprint density at radius 1 is 1.00 bits per heavy atom. The highest BCUT2D eigenvalue weighted by Crippen LogP contribution is 2.21. The van der Waals surface area contributed by atoms with E-state index in [1.54, 1.807) is 24.4 Å². The normalized spacial score (nSPS) is 11.7. The number of imidazole rings is 1. The van der Waals surface area contributed by atoms with Gasteiger partial charge in [-0.25, -0.2) is 4.98 Å². The fraction of sp³-hybridized carbons (Fsp3) is 0.160. The molecule has 0 spiro atoms. The van der Waals surface area contributed by atoms with Crippen molar-refractivity contribution in [1.29, 1.82) is 0 Å². The van der Waals surface area contributed by atoms with E-state index in [1.807, 2.05) is 60.8 Å². The minimum atomic E-state index is -0.218. The Morgan fingerprint density at radius 2 is 1.78 bits per heavy atom. The zero-order valence-corrected chi connectivity index (χ0v) is 18.5. The summed E-state index contributed by atoms with van der Waals surface area (Å²) in [5, 5.41) is 7.81. The summed E-state index contributed by atoms with van der Waals surface area (Å²) in [7, 11) is 0. The second-order valence-electron chi connectivity index (χ2n) is 7.34. The average Bonchev–Trinajstić information content (AvgIpc) is 3.55. The third-order valence-electron chi connectivity index (χ3n) is 5.14. The molecule has 3 N–H and O–H groups in total. The maximum atomic E-state index is 12.8. The molecule has 2 aromatic carbocycles. The zero-order valence-electron chi connectivity index (χ0n) is 17.7. The molecule has 0 saturated carbocycles. The molecule has 4 aromatic rings. The van der Waals surface area contributed by atoms with Gasteiger partial charge in [0.25, 0.3) is 11.8 Å². The first-order valence-electron chi connectivity index (χ1n) is 10.5. The van der Waals surface area contributed by atoms with E-state index in [1.165, 1.54) is 11.3 Å². The molecule has 0 aliphatic carbocycles. The molecule has 1 unspecified atom stereocenters. The van der Waals surface area contributed by atoms with Crippen molar-refractivity contribution < 1.29 is 9.59 Å². The topological polar surface area (TPSA) is 86.9 Å². The van der Waals surface area contributed by atoms with Gasteiger partial charge in [0.05, 0.1) is 22.8 Å². The highest BCUT2D eigenvalue weighted by atomic mass is 32.1. The molecule has 2 amide bonds. The van der Waals surface area contributed by atoms with Gasteiger partial charge in [0, 0.05) is 12.1 Å². The van der Waals surface area contributed by atoms with Gasteiger partial charge >= 0.3 is 0 Å². The molecule has 4 rings (SSSR count). The maximum absolute atomic E-state index is 12.8. The summed E-state index contributed by atoms with van der Waals surface area (Å²) in [6, 6.07) is 20.6. The van der Waals surface area contributed by atoms with Crippen LogP contribution in [0.15, 0.2) is 78.3 Å². The number of aromatic nitrogens is 2. The first-order valence-corrected chi connectivity index (χ1v) is 11.3. The molecular weight excluding hydrogens is 420 g/mol. The van der Waals surface area contributed by atoms with Crippen molar-refractivity contribution in [2.75, 3.05) is 0 Å². The van der Waals surface area contributed by atoms with Gasteiger partial charge in [0.1, 0.15) is 5.82 Å². The van der Waals surface area contributed by atoms with Crippen molar-refractivity contribution in [3.8, 4) is 11.3 Å². The number of amides is 2. The predicted molar refractivity (Wildman–Crippen MR) is 126 cm³/mol. The number of nitrogens with one attached hydrogen (secondary N) is 3. The van der Waals surface area contributed by atoms with E-state index in [0.717, 1.165) is 22.6 Å². The van der Waals surface area contributed by atoms with Gasteiger partial charge in [-0.1, -0.05) is 55.5 Å². The number of hydrogen-bond acceptors (Lipinski definition) is 4. The van der Waals surface area contributed by atoms with E-state index in [0.29, 0.717) is 23.4 Å². The largest absolute Gasteiger partial charge is 0.347 e. The number of carbonyl (C=O) groups excluding carboxylic acids is 2. The summed E-state index contributed by atoms with van der Waals surface area (Å²) < 4.78 is 0. The molecular formula is C25H24N4O2S. The molecule has 2 heterocycles. The Kier molecular flexibility index (Phi) is 6.77. The van der Waals surface area contributed by atoms with Gasteiger partial charge in [0.15, 0.2) is 0 Å². The van der Waals surface area contributed by atoms with E-state index in [-0.39, 0.29) is 17.9 Å². The lowest BCUT2D eigenvalue weighted by molar-refractivity contribution is 0.0930. The van der Waals surface area contributed by atoms with Gasteiger partial charge in [-0.15, -0.1) is 11.3 Å². The molecule has 0 aliphatic rings. The van der Waals surface area contributed by atoms with Crippen LogP contribution in [-0.2, 0) is 6.54 Å². The van der Waals surface area contributed by atoms with E-state index in [2.05, 4.69) is 20.6 Å². The SMILES string of the molecule is CCC(NC(=O)c1ccc(CNC(=O)c2cccs2)cc1)c1ncc(-c2ccccc2)[nH]1. The standard InChI is InChI=1S/C25H24N4O2S/c1-2-20(23-26-16-21(28-23)18-7-4-3-5-8-18)29-24(30)19-12-10-17(11-13-19)15-27-25(31)22-9-6-14-32-22/h3-14,16,20H,2,15H2,1H3,(H,26,28)(H,27,31)(H,29,30). The molecule has 32 heavy (non-hydrogen) atoms. The van der Waals surface area contributed by atoms with Gasteiger partial charge in [-0.2, -0.15) is 0 Å². The predicted octanol–water partition coefficient (Wildman–Crippen LogP) is 4.95. The van der Waals surface area contributed by atoms with Gasteiger partial charge in [-0.05, 0) is 41.1 Å². The van der Waals surface area contributed by atoms with Crippen molar-refractivity contribution in [2.45, 2.75) is 25.9 Å². The summed E-state index contributed by atoms with van der Waals surface area (Å²) in [6.45, 7) is 2.42. The lowest BCUT2D eigenvalue weighted by Gasteiger charge is -2.15. The van der Waals surface area contributed by atoms with Crippen LogP contribution in [0.25, 0.3) is 11.3 Å². The molecule has 0 fully saturated rings. The Balaban J connectivity index is 1.36. The molecule has 0 radical (unpaired) electrons. The van der Waals surface area contributed by atoms with Crippen LogP contribution in [0.5, 0.6) is 0 Å². The number of hydrogen-bond donors (Lipinski definition) is 3. The minimum absolute atomic E-state index is 0.0964. The summed E-state index contributed by atoms with van der Waals surface area (Å²) in [6.07, 6.45) is 2.50. The first kappa shape index (κ1) is 21.5. The second kappa shape index (κ2) is 10.1. The van der Waals surface area contributed by atoms with Crippen LogP contribution in [0.3, 0.4) is 0 Å². The Labute approximate surface area is 190 Å². The van der Waals surface area contributed by atoms with Crippen molar-refractivity contribution in [3.05, 3.63) is 100 Å². The van der Waals surface area contributed by atoms with Crippen LogP contribution >= 0.6 is 11.3 Å². The molecule has 6 nitrogen and oxygen atoms in total. The van der Waals surface area contributed by atoms with E-state index in [9.17, 15) is 9.59 Å². The number of H-pyrrole nitrogens is 1. The minimum Gasteiger partial charge on any atom is -0.347 e. The fourth-order valence-corrected chi connectivity index (χ4v) is 3.97. The van der Waals surface area contributed by atoms with Crippen molar-refractivity contribution in [2.24, 2.45) is 0 Å². The summed E-state index contributed by atoms with van der Waals surface area (Å²) >= 11 is 1.41. The van der Waals surface area contributed by atoms with Crippen molar-refractivity contribution in [1.82, 2.24) is 20.6 Å². The molecule has 162 valence electrons. The average molecular weight is 445 g/mol. The molecule has 7 heteroatoms. The monoisotopic (exact) mass is 444 g/mol. The molecule has 1 atom stereocenters. The Hall–Kier alpha value is -3.71. The van der Waals surface area contributed by atoms with Crippen LogP contribution in [0.1, 0.15) is 50.8 Å². The second-order valence-corrected chi connectivity index (χ2v) is 8.29. The van der Waals surface area contributed by atoms with E-state index in [4.69, 9.17) is 0 Å². The number of rotatable bonds is 8. The maximum Gasteiger partial charge on any atom is 0.261 e. The third kappa shape index (κ3) is 5.12. The lowest BCUT2D eigenvalue weighted by atomic mass is 10.1. The van der Waals surface area contributed by atoms with E-state index < -0.39 is 0 Å². The zero-order chi connectivity index (χ0) is 22.3. The number of nitrogens with zero attached hydrogens (tertiary/aromatic N) is 1. The van der Waals surface area contributed by atoms with Crippen LogP contribution in [-0.4, -0.2) is 21.8 Å². The molecule has 0 saturated heterocycles. The Bertz CT molecular complexity index is 1170. The molecule has 0 bridgehead atoms.